The maximum absolute atomic E-state index is 12.6. The SMILES string of the molecule is CCS(=O)(=O)N1CCCC(C(=O)N2CCC(C(=O)OC)CC2)C1. The Labute approximate surface area is 138 Å². The van der Waals surface area contributed by atoms with Crippen molar-refractivity contribution in [3.63, 3.8) is 0 Å². The first-order chi connectivity index (χ1) is 10.9. The molecular weight excluding hydrogens is 320 g/mol. The van der Waals surface area contributed by atoms with Gasteiger partial charge in [-0.2, -0.15) is 0 Å². The summed E-state index contributed by atoms with van der Waals surface area (Å²) in [6.07, 6.45) is 2.67. The Morgan fingerprint density at radius 1 is 1.09 bits per heavy atom. The molecule has 1 atom stereocenters. The summed E-state index contributed by atoms with van der Waals surface area (Å²) in [5, 5.41) is 0. The Hall–Kier alpha value is -1.15. The van der Waals surface area contributed by atoms with Crippen molar-refractivity contribution in [2.24, 2.45) is 11.8 Å². The third-order valence-corrected chi connectivity index (χ3v) is 6.68. The Morgan fingerprint density at radius 2 is 1.74 bits per heavy atom. The summed E-state index contributed by atoms with van der Waals surface area (Å²) in [5.41, 5.74) is 0. The van der Waals surface area contributed by atoms with Crippen molar-refractivity contribution in [1.29, 1.82) is 0 Å². The van der Waals surface area contributed by atoms with Gasteiger partial charge in [0, 0.05) is 26.2 Å². The van der Waals surface area contributed by atoms with Crippen LogP contribution in [0.2, 0.25) is 0 Å². The Kier molecular flexibility index (Phi) is 6.02. The van der Waals surface area contributed by atoms with Crippen LogP contribution in [0.4, 0.5) is 0 Å². The van der Waals surface area contributed by atoms with Crippen molar-refractivity contribution in [2.45, 2.75) is 32.6 Å². The van der Waals surface area contributed by atoms with Crippen LogP contribution in [-0.2, 0) is 24.3 Å². The zero-order chi connectivity index (χ0) is 17.0. The lowest BCUT2D eigenvalue weighted by Crippen LogP contribution is -2.49. The minimum Gasteiger partial charge on any atom is -0.469 e. The van der Waals surface area contributed by atoms with Crippen LogP contribution < -0.4 is 0 Å². The zero-order valence-electron chi connectivity index (χ0n) is 13.9. The Balaban J connectivity index is 1.92. The van der Waals surface area contributed by atoms with E-state index in [-0.39, 0.29) is 36.0 Å². The van der Waals surface area contributed by atoms with Crippen molar-refractivity contribution >= 4 is 21.9 Å². The monoisotopic (exact) mass is 346 g/mol. The van der Waals surface area contributed by atoms with Crippen LogP contribution in [0.1, 0.15) is 32.6 Å². The molecule has 0 aromatic rings. The highest BCUT2D eigenvalue weighted by Gasteiger charge is 2.35. The molecule has 2 aliphatic heterocycles. The number of amides is 1. The van der Waals surface area contributed by atoms with Crippen molar-refractivity contribution < 1.29 is 22.7 Å². The highest BCUT2D eigenvalue weighted by Crippen LogP contribution is 2.25. The maximum atomic E-state index is 12.6. The number of hydrogen-bond acceptors (Lipinski definition) is 5. The fourth-order valence-electron chi connectivity index (χ4n) is 3.34. The molecule has 0 radical (unpaired) electrons. The van der Waals surface area contributed by atoms with Crippen LogP contribution in [0, 0.1) is 11.8 Å². The molecule has 2 saturated heterocycles. The summed E-state index contributed by atoms with van der Waals surface area (Å²) in [6, 6.07) is 0. The van der Waals surface area contributed by atoms with Crippen LogP contribution in [0.25, 0.3) is 0 Å². The Bertz CT molecular complexity index is 540. The maximum Gasteiger partial charge on any atom is 0.308 e. The van der Waals surface area contributed by atoms with Gasteiger partial charge in [0.15, 0.2) is 0 Å². The van der Waals surface area contributed by atoms with Gasteiger partial charge in [0.2, 0.25) is 15.9 Å². The number of ether oxygens (including phenoxy) is 1. The highest BCUT2D eigenvalue weighted by atomic mass is 32.2. The van der Waals surface area contributed by atoms with Crippen molar-refractivity contribution in [3.8, 4) is 0 Å². The standard InChI is InChI=1S/C15H26N2O5S/c1-3-23(20,21)17-8-4-5-13(11-17)14(18)16-9-6-12(7-10-16)15(19)22-2/h12-13H,3-11H2,1-2H3. The lowest BCUT2D eigenvalue weighted by Gasteiger charge is -2.36. The molecule has 0 bridgehead atoms. The van der Waals surface area contributed by atoms with Crippen LogP contribution >= 0.6 is 0 Å². The lowest BCUT2D eigenvalue weighted by atomic mass is 9.93. The second-order valence-corrected chi connectivity index (χ2v) is 8.48. The van der Waals surface area contributed by atoms with Gasteiger partial charge < -0.3 is 9.64 Å². The molecule has 23 heavy (non-hydrogen) atoms. The van der Waals surface area contributed by atoms with E-state index >= 15 is 0 Å². The number of carbonyl (C=O) groups is 2. The molecule has 1 unspecified atom stereocenters. The third kappa shape index (κ3) is 4.23. The van der Waals surface area contributed by atoms with Gasteiger partial charge in [0.25, 0.3) is 0 Å². The molecule has 2 fully saturated rings. The second-order valence-electron chi connectivity index (χ2n) is 6.22. The number of nitrogens with zero attached hydrogens (tertiary/aromatic N) is 2. The average Bonchev–Trinajstić information content (AvgIpc) is 2.60. The fraction of sp³-hybridized carbons (Fsp3) is 0.867. The first-order valence-corrected chi connectivity index (χ1v) is 9.84. The van der Waals surface area contributed by atoms with Crippen molar-refractivity contribution in [1.82, 2.24) is 9.21 Å². The molecule has 2 aliphatic rings. The summed E-state index contributed by atoms with van der Waals surface area (Å²) >= 11 is 0. The summed E-state index contributed by atoms with van der Waals surface area (Å²) in [6.45, 7) is 3.49. The van der Waals surface area contributed by atoms with E-state index in [9.17, 15) is 18.0 Å². The molecule has 0 spiro atoms. The van der Waals surface area contributed by atoms with E-state index in [0.29, 0.717) is 38.9 Å². The number of methoxy groups -OCH3 is 1. The summed E-state index contributed by atoms with van der Waals surface area (Å²) in [4.78, 5) is 26.0. The Morgan fingerprint density at radius 3 is 2.30 bits per heavy atom. The van der Waals surface area contributed by atoms with E-state index < -0.39 is 10.0 Å². The largest absolute Gasteiger partial charge is 0.469 e. The second kappa shape index (κ2) is 7.61. The molecule has 0 aromatic carbocycles. The molecule has 0 aliphatic carbocycles. The normalized spacial score (nSPS) is 24.4. The predicted octanol–water partition coefficient (Wildman–Crippen LogP) is 0.460. The molecule has 2 heterocycles. The van der Waals surface area contributed by atoms with E-state index in [2.05, 4.69) is 0 Å². The summed E-state index contributed by atoms with van der Waals surface area (Å²) in [5.74, 6) is -0.523. The zero-order valence-corrected chi connectivity index (χ0v) is 14.7. The highest BCUT2D eigenvalue weighted by molar-refractivity contribution is 7.89. The third-order valence-electron chi connectivity index (χ3n) is 4.83. The number of carbonyl (C=O) groups excluding carboxylic acids is 2. The van der Waals surface area contributed by atoms with Gasteiger partial charge in [-0.1, -0.05) is 0 Å². The van der Waals surface area contributed by atoms with Gasteiger partial charge in [-0.3, -0.25) is 9.59 Å². The molecule has 1 amide bonds. The minimum atomic E-state index is -3.24. The molecule has 7 nitrogen and oxygen atoms in total. The molecule has 132 valence electrons. The number of rotatable bonds is 4. The average molecular weight is 346 g/mol. The number of sulfonamides is 1. The van der Waals surface area contributed by atoms with Gasteiger partial charge in [-0.15, -0.1) is 0 Å². The van der Waals surface area contributed by atoms with E-state index in [4.69, 9.17) is 4.74 Å². The minimum absolute atomic E-state index is 0.0179. The molecule has 0 saturated carbocycles. The van der Waals surface area contributed by atoms with E-state index in [0.717, 1.165) is 6.42 Å². The van der Waals surface area contributed by atoms with Crippen LogP contribution in [0.5, 0.6) is 0 Å². The molecule has 0 N–H and O–H groups in total. The quantitative estimate of drug-likeness (QED) is 0.691. The summed E-state index contributed by atoms with van der Waals surface area (Å²) in [7, 11) is -1.86. The van der Waals surface area contributed by atoms with Crippen LogP contribution in [-0.4, -0.2) is 68.5 Å². The van der Waals surface area contributed by atoms with Gasteiger partial charge in [-0.25, -0.2) is 12.7 Å². The number of likely N-dealkylation sites (tertiary alicyclic amines) is 1. The number of piperidine rings is 2. The van der Waals surface area contributed by atoms with E-state index in [1.54, 1.807) is 11.8 Å². The van der Waals surface area contributed by atoms with Gasteiger partial charge in [-0.05, 0) is 32.6 Å². The number of esters is 1. The number of hydrogen-bond donors (Lipinski definition) is 0. The molecule has 2 rings (SSSR count). The van der Waals surface area contributed by atoms with E-state index in [1.807, 2.05) is 0 Å². The lowest BCUT2D eigenvalue weighted by molar-refractivity contribution is -0.149. The van der Waals surface area contributed by atoms with Crippen LogP contribution in [0.3, 0.4) is 0 Å². The van der Waals surface area contributed by atoms with Gasteiger partial charge in [0.05, 0.1) is 24.7 Å². The smallest absolute Gasteiger partial charge is 0.308 e. The molecular formula is C15H26N2O5S. The van der Waals surface area contributed by atoms with E-state index in [1.165, 1.54) is 11.4 Å². The molecule has 8 heteroatoms. The topological polar surface area (TPSA) is 84.0 Å². The van der Waals surface area contributed by atoms with Crippen molar-refractivity contribution in [3.05, 3.63) is 0 Å². The van der Waals surface area contributed by atoms with Crippen LogP contribution in [0.15, 0.2) is 0 Å². The van der Waals surface area contributed by atoms with Crippen molar-refractivity contribution in [2.75, 3.05) is 39.0 Å². The fourth-order valence-corrected chi connectivity index (χ4v) is 4.52. The first kappa shape index (κ1) is 18.2. The first-order valence-electron chi connectivity index (χ1n) is 8.23. The molecule has 0 aromatic heterocycles. The van der Waals surface area contributed by atoms with Gasteiger partial charge in [0.1, 0.15) is 0 Å². The summed E-state index contributed by atoms with van der Waals surface area (Å²) < 4.78 is 30.2. The predicted molar refractivity (Wildman–Crippen MR) is 85.1 cm³/mol. The van der Waals surface area contributed by atoms with Gasteiger partial charge >= 0.3 is 5.97 Å².